The maximum absolute atomic E-state index is 10.5. The van der Waals surface area contributed by atoms with E-state index in [0.717, 1.165) is 6.04 Å². The summed E-state index contributed by atoms with van der Waals surface area (Å²) in [6.07, 6.45) is -14.3. The van der Waals surface area contributed by atoms with Gasteiger partial charge in [0.2, 0.25) is 0 Å². The molecule has 0 aromatic rings. The van der Waals surface area contributed by atoms with Gasteiger partial charge in [-0.25, -0.2) is 0 Å². The molecule has 10 atom stereocenters. The highest BCUT2D eigenvalue weighted by Crippen LogP contribution is 2.29. The summed E-state index contributed by atoms with van der Waals surface area (Å²) in [5, 5.41) is 69.5. The van der Waals surface area contributed by atoms with Crippen molar-refractivity contribution in [3.05, 3.63) is 0 Å². The molecule has 0 bridgehead atoms. The molecule has 2 aliphatic rings. The number of hydrogen-bond acceptors (Lipinski definition) is 11. The van der Waals surface area contributed by atoms with E-state index in [1.807, 2.05) is 0 Å². The van der Waals surface area contributed by atoms with Crippen LogP contribution >= 0.6 is 0 Å². The zero-order chi connectivity index (χ0) is 21.9. The lowest BCUT2D eigenvalue weighted by Gasteiger charge is -2.46. The van der Waals surface area contributed by atoms with Gasteiger partial charge in [-0.3, -0.25) is 0 Å². The van der Waals surface area contributed by atoms with E-state index >= 15 is 0 Å². The van der Waals surface area contributed by atoms with E-state index in [1.54, 1.807) is 0 Å². The SMILES string of the molecule is C[Si](C)(C)CCO[C@@H]1O[C@H](CO)[C@H](O[C@H]2O[C@H](CO)[C@H](O)[C@H](O)[C@H]2O)[C@H](O)[C@H]1O. The van der Waals surface area contributed by atoms with Gasteiger partial charge in [-0.1, -0.05) is 19.6 Å². The van der Waals surface area contributed by atoms with Gasteiger partial charge in [-0.05, 0) is 6.04 Å². The molecule has 0 spiro atoms. The number of rotatable bonds is 8. The summed E-state index contributed by atoms with van der Waals surface area (Å²) in [7, 11) is -1.39. The lowest BCUT2D eigenvalue weighted by molar-refractivity contribution is -0.359. The number of aliphatic hydroxyl groups is 7. The van der Waals surface area contributed by atoms with Gasteiger partial charge in [0.25, 0.3) is 0 Å². The van der Waals surface area contributed by atoms with Crippen LogP contribution in [-0.2, 0) is 18.9 Å². The molecular weight excluding hydrogens is 408 g/mol. The molecule has 0 radical (unpaired) electrons. The van der Waals surface area contributed by atoms with Crippen molar-refractivity contribution in [1.82, 2.24) is 0 Å². The first-order valence-electron chi connectivity index (χ1n) is 9.70. The van der Waals surface area contributed by atoms with Crippen LogP contribution in [-0.4, -0.2) is 125 Å². The molecule has 0 amide bonds. The van der Waals surface area contributed by atoms with Gasteiger partial charge in [-0.2, -0.15) is 0 Å². The zero-order valence-corrected chi connectivity index (χ0v) is 17.9. The third-order valence-corrected chi connectivity index (χ3v) is 6.80. The van der Waals surface area contributed by atoms with Crippen LogP contribution in [0, 0.1) is 0 Å². The normalized spacial score (nSPS) is 44.1. The Balaban J connectivity index is 2.03. The minimum absolute atomic E-state index is 0.320. The predicted octanol–water partition coefficient (Wildman–Crippen LogP) is -3.03. The summed E-state index contributed by atoms with van der Waals surface area (Å²) in [5.74, 6) is 0. The van der Waals surface area contributed by atoms with E-state index < -0.39 is 82.7 Å². The van der Waals surface area contributed by atoms with Crippen molar-refractivity contribution < 1.29 is 54.7 Å². The van der Waals surface area contributed by atoms with Crippen LogP contribution in [0.15, 0.2) is 0 Å². The summed E-state index contributed by atoms with van der Waals surface area (Å²) >= 11 is 0. The van der Waals surface area contributed by atoms with E-state index in [1.165, 1.54) is 0 Å². The van der Waals surface area contributed by atoms with Crippen molar-refractivity contribution in [3.8, 4) is 0 Å². The number of ether oxygens (including phenoxy) is 4. The minimum atomic E-state index is -1.69. The third-order valence-electron chi connectivity index (χ3n) is 5.09. The lowest BCUT2D eigenvalue weighted by atomic mass is 9.97. The molecule has 2 heterocycles. The van der Waals surface area contributed by atoms with Crippen LogP contribution in [0.4, 0.5) is 0 Å². The average Bonchev–Trinajstić information content (AvgIpc) is 2.66. The third kappa shape index (κ3) is 6.15. The standard InChI is InChI=1S/C17H34O11Si/c1-29(2,3)5-4-25-16-14(24)12(22)15(9(7-19)27-16)28-17-13(23)11(21)10(20)8(6-18)26-17/h8-24H,4-7H2,1-3H3/t8-,9-,10+,11+,12-,13-,14-,15+,16-,17-/m1/s1. The van der Waals surface area contributed by atoms with Crippen molar-refractivity contribution in [1.29, 1.82) is 0 Å². The van der Waals surface area contributed by atoms with Crippen LogP contribution in [0.3, 0.4) is 0 Å². The van der Waals surface area contributed by atoms with Crippen LogP contribution in [0.1, 0.15) is 0 Å². The Labute approximate surface area is 170 Å². The van der Waals surface area contributed by atoms with Gasteiger partial charge in [0.1, 0.15) is 48.8 Å². The number of hydrogen-bond donors (Lipinski definition) is 7. The molecule has 7 N–H and O–H groups in total. The second kappa shape index (κ2) is 10.4. The van der Waals surface area contributed by atoms with Crippen molar-refractivity contribution in [2.24, 2.45) is 0 Å². The Morgan fingerprint density at radius 2 is 1.28 bits per heavy atom. The monoisotopic (exact) mass is 442 g/mol. The average molecular weight is 443 g/mol. The highest BCUT2D eigenvalue weighted by molar-refractivity contribution is 6.76. The van der Waals surface area contributed by atoms with Crippen molar-refractivity contribution in [2.75, 3.05) is 19.8 Å². The molecule has 0 aromatic heterocycles. The molecule has 2 saturated heterocycles. The van der Waals surface area contributed by atoms with Crippen molar-refractivity contribution in [3.63, 3.8) is 0 Å². The summed E-state index contributed by atoms with van der Waals surface area (Å²) in [5.41, 5.74) is 0. The second-order valence-corrected chi connectivity index (χ2v) is 14.3. The largest absolute Gasteiger partial charge is 0.394 e. The summed E-state index contributed by atoms with van der Waals surface area (Å²) < 4.78 is 21.8. The molecule has 12 heteroatoms. The van der Waals surface area contributed by atoms with Gasteiger partial charge in [0.15, 0.2) is 12.6 Å². The highest BCUT2D eigenvalue weighted by Gasteiger charge is 2.50. The van der Waals surface area contributed by atoms with E-state index in [-0.39, 0.29) is 0 Å². The molecule has 0 aromatic carbocycles. The predicted molar refractivity (Wildman–Crippen MR) is 101 cm³/mol. The van der Waals surface area contributed by atoms with Crippen molar-refractivity contribution >= 4 is 8.07 Å². The van der Waals surface area contributed by atoms with Crippen LogP contribution < -0.4 is 0 Å². The molecule has 11 nitrogen and oxygen atoms in total. The summed E-state index contributed by atoms with van der Waals surface area (Å²) in [6.45, 7) is 5.56. The molecule has 0 saturated carbocycles. The van der Waals surface area contributed by atoms with Gasteiger partial charge < -0.3 is 54.7 Å². The van der Waals surface area contributed by atoms with E-state index in [0.29, 0.717) is 6.61 Å². The maximum atomic E-state index is 10.5. The first-order chi connectivity index (χ1) is 13.5. The van der Waals surface area contributed by atoms with Crippen LogP contribution in [0.2, 0.25) is 25.7 Å². The molecule has 29 heavy (non-hydrogen) atoms. The first-order valence-corrected chi connectivity index (χ1v) is 13.4. The number of aliphatic hydroxyl groups excluding tert-OH is 7. The fourth-order valence-electron chi connectivity index (χ4n) is 3.17. The fraction of sp³-hybridized carbons (Fsp3) is 1.00. The topological polar surface area (TPSA) is 179 Å². The molecule has 0 unspecified atom stereocenters. The Morgan fingerprint density at radius 1 is 0.724 bits per heavy atom. The fourth-order valence-corrected chi connectivity index (χ4v) is 3.90. The van der Waals surface area contributed by atoms with E-state index in [2.05, 4.69) is 19.6 Å². The second-order valence-electron chi connectivity index (χ2n) is 8.69. The van der Waals surface area contributed by atoms with E-state index in [4.69, 9.17) is 18.9 Å². The minimum Gasteiger partial charge on any atom is -0.394 e. The highest BCUT2D eigenvalue weighted by atomic mass is 28.3. The van der Waals surface area contributed by atoms with Crippen LogP contribution in [0.25, 0.3) is 0 Å². The van der Waals surface area contributed by atoms with Gasteiger partial charge in [0, 0.05) is 14.7 Å². The van der Waals surface area contributed by atoms with Gasteiger partial charge >= 0.3 is 0 Å². The van der Waals surface area contributed by atoms with Crippen LogP contribution in [0.5, 0.6) is 0 Å². The molecule has 2 rings (SSSR count). The lowest BCUT2D eigenvalue weighted by Crippen LogP contribution is -2.64. The molecule has 172 valence electrons. The maximum Gasteiger partial charge on any atom is 0.187 e. The molecular formula is C17H34O11Si. The zero-order valence-electron chi connectivity index (χ0n) is 16.9. The van der Waals surface area contributed by atoms with Gasteiger partial charge in [-0.15, -0.1) is 0 Å². The van der Waals surface area contributed by atoms with Crippen molar-refractivity contribution in [2.45, 2.75) is 87.1 Å². The summed E-state index contributed by atoms with van der Waals surface area (Å²) in [4.78, 5) is 0. The Kier molecular flexibility index (Phi) is 8.97. The smallest absolute Gasteiger partial charge is 0.187 e. The Morgan fingerprint density at radius 3 is 1.83 bits per heavy atom. The molecule has 2 fully saturated rings. The molecule has 0 aliphatic carbocycles. The van der Waals surface area contributed by atoms with E-state index in [9.17, 15) is 35.7 Å². The Hall–Kier alpha value is -0.223. The quantitative estimate of drug-likeness (QED) is 0.190. The molecule has 2 aliphatic heterocycles. The first kappa shape index (κ1) is 25.0. The summed E-state index contributed by atoms with van der Waals surface area (Å²) in [6, 6.07) is 0.810. The Bertz CT molecular complexity index is 500. The van der Waals surface area contributed by atoms with Gasteiger partial charge in [0.05, 0.1) is 13.2 Å².